The van der Waals surface area contributed by atoms with Crippen LogP contribution in [0, 0.1) is 0 Å². The number of unbranched alkanes of at least 4 members (excludes halogenated alkanes) is 3. The maximum atomic E-state index is 12.9. The van der Waals surface area contributed by atoms with Gasteiger partial charge in [-0.15, -0.1) is 23.1 Å². The summed E-state index contributed by atoms with van der Waals surface area (Å²) in [5, 5.41) is 17.4. The number of nitrogen functional groups attached to an aromatic ring is 1. The number of fused-ring (bicyclic) bond motifs is 1. The van der Waals surface area contributed by atoms with E-state index in [1.165, 1.54) is 16.7 Å². The molecule has 4 N–H and O–H groups in total. The Morgan fingerprint density at radius 2 is 2.19 bits per heavy atom. The van der Waals surface area contributed by atoms with Gasteiger partial charge in [-0.1, -0.05) is 24.9 Å². The summed E-state index contributed by atoms with van der Waals surface area (Å²) in [6.45, 7) is 4.15. The summed E-state index contributed by atoms with van der Waals surface area (Å²) in [6.07, 6.45) is 4.00. The number of carboxylic acid groups (broad SMARTS) is 1. The molecule has 10 nitrogen and oxygen atoms in total. The van der Waals surface area contributed by atoms with E-state index in [0.29, 0.717) is 17.9 Å². The first kappa shape index (κ1) is 23.1. The molecule has 0 saturated carbocycles. The van der Waals surface area contributed by atoms with Gasteiger partial charge < -0.3 is 21.0 Å². The van der Waals surface area contributed by atoms with Gasteiger partial charge >= 0.3 is 5.97 Å². The number of nitrogens with two attached hydrogens (primary N) is 1. The van der Waals surface area contributed by atoms with Crippen LogP contribution in [-0.4, -0.2) is 62.3 Å². The summed E-state index contributed by atoms with van der Waals surface area (Å²) in [5.74, 6) is -1.79. The highest BCUT2D eigenvalue weighted by Crippen LogP contribution is 2.40. The molecule has 168 valence electrons. The van der Waals surface area contributed by atoms with Crippen molar-refractivity contribution >= 4 is 51.7 Å². The van der Waals surface area contributed by atoms with Crippen molar-refractivity contribution in [1.29, 1.82) is 0 Å². The molecule has 12 heteroatoms. The third-order valence-corrected chi connectivity index (χ3v) is 6.97. The molecule has 2 atom stereocenters. The van der Waals surface area contributed by atoms with Crippen LogP contribution in [0.25, 0.3) is 0 Å². The second-order valence-electron chi connectivity index (χ2n) is 7.20. The normalized spacial score (nSPS) is 20.9. The number of carbonyl (C=O) groups is 3. The van der Waals surface area contributed by atoms with Crippen LogP contribution in [0.15, 0.2) is 21.8 Å². The zero-order valence-corrected chi connectivity index (χ0v) is 18.9. The van der Waals surface area contributed by atoms with Crippen molar-refractivity contribution in [3.05, 3.63) is 22.3 Å². The van der Waals surface area contributed by atoms with Crippen LogP contribution in [-0.2, 0) is 19.2 Å². The Balaban J connectivity index is 1.70. The van der Waals surface area contributed by atoms with Crippen LogP contribution in [0.1, 0.15) is 45.2 Å². The highest BCUT2D eigenvalue weighted by atomic mass is 32.2. The molecule has 31 heavy (non-hydrogen) atoms. The van der Waals surface area contributed by atoms with Gasteiger partial charge in [-0.25, -0.2) is 9.78 Å². The number of hydrogen-bond donors (Lipinski definition) is 3. The fourth-order valence-electron chi connectivity index (χ4n) is 3.29. The monoisotopic (exact) mass is 467 g/mol. The van der Waals surface area contributed by atoms with Gasteiger partial charge in [-0.05, 0) is 25.3 Å². The van der Waals surface area contributed by atoms with Gasteiger partial charge in [-0.2, -0.15) is 0 Å². The Hall–Kier alpha value is -2.60. The summed E-state index contributed by atoms with van der Waals surface area (Å²) in [7, 11) is 0. The second-order valence-corrected chi connectivity index (χ2v) is 9.19. The van der Waals surface area contributed by atoms with Crippen LogP contribution in [0.2, 0.25) is 0 Å². The van der Waals surface area contributed by atoms with Gasteiger partial charge in [0.1, 0.15) is 29.4 Å². The maximum absolute atomic E-state index is 12.9. The number of amides is 2. The van der Waals surface area contributed by atoms with Crippen LogP contribution >= 0.6 is 23.1 Å². The lowest BCUT2D eigenvalue weighted by Gasteiger charge is -2.49. The molecule has 0 aromatic carbocycles. The number of nitrogens with one attached hydrogen (secondary N) is 1. The van der Waals surface area contributed by atoms with Gasteiger partial charge in [0.05, 0.1) is 0 Å². The van der Waals surface area contributed by atoms with Gasteiger partial charge in [0.2, 0.25) is 0 Å². The van der Waals surface area contributed by atoms with Crippen molar-refractivity contribution < 1.29 is 24.3 Å². The van der Waals surface area contributed by atoms with Crippen molar-refractivity contribution in [1.82, 2.24) is 15.2 Å². The first-order valence-corrected chi connectivity index (χ1v) is 11.9. The lowest BCUT2D eigenvalue weighted by molar-refractivity contribution is -0.150. The van der Waals surface area contributed by atoms with Crippen molar-refractivity contribution in [2.75, 3.05) is 18.1 Å². The van der Waals surface area contributed by atoms with Crippen molar-refractivity contribution in [3.63, 3.8) is 0 Å². The number of thiazole rings is 1. The number of carbonyl (C=O) groups excluding carboxylic acids is 2. The fraction of sp³-hybridized carbons (Fsp3) is 0.526. The molecule has 2 amide bonds. The lowest BCUT2D eigenvalue weighted by Crippen LogP contribution is -2.71. The standard InChI is InChI=1S/C19H25N5O5S2/c1-3-4-5-6-7-29-23-12(11-9-31-19(20)21-11)15(25)22-13-16(26)24-14(18(27)28)10(2)8-30-17(13)24/h9,13,17H,3-8H2,1-2H3,(H2,20,21)(H,22,25)(H,27,28)/t13?,17-/m1/s1. The van der Waals surface area contributed by atoms with Crippen molar-refractivity contribution in [3.8, 4) is 0 Å². The van der Waals surface area contributed by atoms with E-state index in [2.05, 4.69) is 22.4 Å². The molecule has 0 radical (unpaired) electrons. The minimum Gasteiger partial charge on any atom is -0.477 e. The van der Waals surface area contributed by atoms with Gasteiger partial charge in [0, 0.05) is 11.1 Å². The summed E-state index contributed by atoms with van der Waals surface area (Å²) < 4.78 is 0. The van der Waals surface area contributed by atoms with E-state index in [1.807, 2.05) is 0 Å². The number of carboxylic acids is 1. The molecule has 1 aromatic heterocycles. The molecular weight excluding hydrogens is 442 g/mol. The van der Waals surface area contributed by atoms with E-state index < -0.39 is 29.2 Å². The first-order valence-electron chi connectivity index (χ1n) is 9.95. The van der Waals surface area contributed by atoms with E-state index in [-0.39, 0.29) is 22.2 Å². The lowest BCUT2D eigenvalue weighted by atomic mass is 10.0. The average molecular weight is 468 g/mol. The zero-order valence-electron chi connectivity index (χ0n) is 17.3. The third-order valence-electron chi connectivity index (χ3n) is 4.87. The van der Waals surface area contributed by atoms with E-state index in [9.17, 15) is 19.5 Å². The van der Waals surface area contributed by atoms with E-state index >= 15 is 0 Å². The average Bonchev–Trinajstić information content (AvgIpc) is 3.16. The topological polar surface area (TPSA) is 147 Å². The number of aromatic nitrogens is 1. The Morgan fingerprint density at radius 1 is 1.42 bits per heavy atom. The van der Waals surface area contributed by atoms with Crippen LogP contribution < -0.4 is 11.1 Å². The number of nitrogens with zero attached hydrogens (tertiary/aromatic N) is 3. The van der Waals surface area contributed by atoms with Crippen molar-refractivity contribution in [2.24, 2.45) is 5.16 Å². The smallest absolute Gasteiger partial charge is 0.352 e. The zero-order chi connectivity index (χ0) is 22.5. The van der Waals surface area contributed by atoms with E-state index in [0.717, 1.165) is 37.0 Å². The van der Waals surface area contributed by atoms with Crippen LogP contribution in [0.4, 0.5) is 5.13 Å². The largest absolute Gasteiger partial charge is 0.477 e. The molecule has 0 bridgehead atoms. The highest BCUT2D eigenvalue weighted by Gasteiger charge is 2.54. The predicted octanol–water partition coefficient (Wildman–Crippen LogP) is 1.78. The number of hydrogen-bond acceptors (Lipinski definition) is 9. The molecule has 3 rings (SSSR count). The van der Waals surface area contributed by atoms with Crippen molar-refractivity contribution in [2.45, 2.75) is 50.9 Å². The molecule has 1 aromatic rings. The molecule has 0 aliphatic carbocycles. The second kappa shape index (κ2) is 10.1. The number of aliphatic carboxylic acids is 1. The SMILES string of the molecule is CCCCCCON=C(C(=O)NC1C(=O)N2C(C(=O)O)=C(C)CS[C@H]12)c1csc(N)n1. The number of oxime groups is 1. The number of rotatable bonds is 10. The molecule has 1 unspecified atom stereocenters. The predicted molar refractivity (Wildman–Crippen MR) is 119 cm³/mol. The Morgan fingerprint density at radius 3 is 2.84 bits per heavy atom. The Kier molecular flexibility index (Phi) is 7.55. The molecule has 2 aliphatic heterocycles. The molecular formula is C19H25N5O5S2. The summed E-state index contributed by atoms with van der Waals surface area (Å²) in [4.78, 5) is 47.7. The van der Waals surface area contributed by atoms with E-state index in [1.54, 1.807) is 12.3 Å². The van der Waals surface area contributed by atoms with Crippen LogP contribution in [0.5, 0.6) is 0 Å². The summed E-state index contributed by atoms with van der Waals surface area (Å²) in [5.41, 5.74) is 6.47. The maximum Gasteiger partial charge on any atom is 0.352 e. The Labute approximate surface area is 187 Å². The molecule has 3 heterocycles. The van der Waals surface area contributed by atoms with Gasteiger partial charge in [-0.3, -0.25) is 14.5 Å². The highest BCUT2D eigenvalue weighted by molar-refractivity contribution is 8.00. The minimum absolute atomic E-state index is 0.0178. The molecule has 1 saturated heterocycles. The summed E-state index contributed by atoms with van der Waals surface area (Å²) in [6, 6.07) is -0.856. The quantitative estimate of drug-likeness (QED) is 0.204. The van der Waals surface area contributed by atoms with Gasteiger partial charge in [0.25, 0.3) is 11.8 Å². The Bertz CT molecular complexity index is 929. The summed E-state index contributed by atoms with van der Waals surface area (Å²) >= 11 is 2.56. The first-order chi connectivity index (χ1) is 14.8. The minimum atomic E-state index is -1.16. The van der Waals surface area contributed by atoms with Gasteiger partial charge in [0.15, 0.2) is 10.8 Å². The number of thioether (sulfide) groups is 1. The molecule has 1 fully saturated rings. The molecule has 2 aliphatic rings. The number of β-lactam (4-membered cyclic amide) rings is 1. The fourth-order valence-corrected chi connectivity index (χ4v) is 5.13. The molecule has 0 spiro atoms. The van der Waals surface area contributed by atoms with Crippen LogP contribution in [0.3, 0.4) is 0 Å². The van der Waals surface area contributed by atoms with E-state index in [4.69, 9.17) is 10.6 Å². The number of anilines is 1. The third kappa shape index (κ3) is 5.01.